The Bertz CT molecular complexity index is 1020. The van der Waals surface area contributed by atoms with Crippen LogP contribution in [-0.2, 0) is 14.8 Å². The molecule has 0 aliphatic carbocycles. The van der Waals surface area contributed by atoms with E-state index in [9.17, 15) is 23.3 Å². The Morgan fingerprint density at radius 1 is 1.14 bits per heavy atom. The summed E-state index contributed by atoms with van der Waals surface area (Å²) in [5, 5.41) is 16.5. The molecule has 1 aliphatic rings. The molecule has 9 nitrogen and oxygen atoms in total. The Balaban J connectivity index is 1.60. The molecule has 1 amide bonds. The summed E-state index contributed by atoms with van der Waals surface area (Å²) in [5.74, 6) is -0.356. The molecular formula is C19H22N4O5S. The van der Waals surface area contributed by atoms with Crippen LogP contribution in [0.25, 0.3) is 0 Å². The van der Waals surface area contributed by atoms with Crippen molar-refractivity contribution in [1.82, 2.24) is 4.31 Å². The maximum absolute atomic E-state index is 12.5. The van der Waals surface area contributed by atoms with Crippen molar-refractivity contribution >= 4 is 33.0 Å². The summed E-state index contributed by atoms with van der Waals surface area (Å²) in [6.07, 6.45) is 1.73. The third kappa shape index (κ3) is 4.72. The predicted octanol–water partition coefficient (Wildman–Crippen LogP) is 2.74. The molecule has 154 valence electrons. The number of carbonyl (C=O) groups is 1. The zero-order valence-corrected chi connectivity index (χ0v) is 16.7. The second kappa shape index (κ2) is 8.58. The van der Waals surface area contributed by atoms with Crippen LogP contribution in [0.3, 0.4) is 0 Å². The van der Waals surface area contributed by atoms with Crippen LogP contribution in [0.5, 0.6) is 0 Å². The van der Waals surface area contributed by atoms with Crippen LogP contribution < -0.4 is 10.6 Å². The molecule has 1 heterocycles. The molecular weight excluding hydrogens is 396 g/mol. The minimum Gasteiger partial charge on any atom is -0.376 e. The normalized spacial score (nSPS) is 14.5. The van der Waals surface area contributed by atoms with Gasteiger partial charge in [-0.1, -0.05) is 6.07 Å². The van der Waals surface area contributed by atoms with E-state index in [1.54, 1.807) is 31.2 Å². The largest absolute Gasteiger partial charge is 0.376 e. The number of anilines is 2. The summed E-state index contributed by atoms with van der Waals surface area (Å²) in [5.41, 5.74) is 1.39. The fraction of sp³-hybridized carbons (Fsp3) is 0.316. The van der Waals surface area contributed by atoms with Gasteiger partial charge in [0, 0.05) is 36.1 Å². The highest BCUT2D eigenvalue weighted by Crippen LogP contribution is 2.25. The highest BCUT2D eigenvalue weighted by Gasteiger charge is 2.26. The molecule has 1 fully saturated rings. The zero-order chi connectivity index (χ0) is 21.0. The lowest BCUT2D eigenvalue weighted by atomic mass is 10.1. The summed E-state index contributed by atoms with van der Waals surface area (Å²) < 4.78 is 26.5. The van der Waals surface area contributed by atoms with Gasteiger partial charge < -0.3 is 10.6 Å². The fourth-order valence-electron chi connectivity index (χ4n) is 3.18. The standard InChI is InChI=1S/C19H22N4O5S/c1-14-17(5-4-6-18(14)23(25)26)20-13-19(24)21-15-7-9-16(10-8-15)29(27,28)22-11-2-3-12-22/h4-10,20H,2-3,11-13H2,1H3,(H,21,24). The third-order valence-corrected chi connectivity index (χ3v) is 6.70. The number of nitro groups is 1. The minimum absolute atomic E-state index is 0.0230. The molecule has 2 N–H and O–H groups in total. The maximum atomic E-state index is 12.5. The second-order valence-electron chi connectivity index (χ2n) is 6.74. The van der Waals surface area contributed by atoms with E-state index in [1.807, 2.05) is 0 Å². The average Bonchev–Trinajstić information content (AvgIpc) is 3.23. The summed E-state index contributed by atoms with van der Waals surface area (Å²) in [7, 11) is -3.49. The lowest BCUT2D eigenvalue weighted by Crippen LogP contribution is -2.27. The second-order valence-corrected chi connectivity index (χ2v) is 8.68. The number of sulfonamides is 1. The van der Waals surface area contributed by atoms with Gasteiger partial charge in [-0.3, -0.25) is 14.9 Å². The molecule has 2 aromatic carbocycles. The van der Waals surface area contributed by atoms with Gasteiger partial charge in [0.1, 0.15) is 0 Å². The van der Waals surface area contributed by atoms with Crippen molar-refractivity contribution in [2.24, 2.45) is 0 Å². The van der Waals surface area contributed by atoms with E-state index in [0.717, 1.165) is 12.8 Å². The van der Waals surface area contributed by atoms with Crippen LogP contribution in [0.4, 0.5) is 17.1 Å². The molecule has 1 aliphatic heterocycles. The van der Waals surface area contributed by atoms with E-state index in [4.69, 9.17) is 0 Å². The first-order valence-corrected chi connectivity index (χ1v) is 10.6. The molecule has 3 rings (SSSR count). The lowest BCUT2D eigenvalue weighted by molar-refractivity contribution is -0.385. The summed E-state index contributed by atoms with van der Waals surface area (Å²) >= 11 is 0. The Hall–Kier alpha value is -2.98. The van der Waals surface area contributed by atoms with Crippen molar-refractivity contribution in [3.8, 4) is 0 Å². The topological polar surface area (TPSA) is 122 Å². The number of nitro benzene ring substituents is 1. The Morgan fingerprint density at radius 3 is 2.41 bits per heavy atom. The van der Waals surface area contributed by atoms with Gasteiger partial charge in [0.2, 0.25) is 15.9 Å². The highest BCUT2D eigenvalue weighted by molar-refractivity contribution is 7.89. The van der Waals surface area contributed by atoms with Gasteiger partial charge in [-0.2, -0.15) is 4.31 Å². The van der Waals surface area contributed by atoms with Crippen molar-refractivity contribution in [1.29, 1.82) is 0 Å². The average molecular weight is 418 g/mol. The van der Waals surface area contributed by atoms with E-state index in [2.05, 4.69) is 10.6 Å². The van der Waals surface area contributed by atoms with Crippen LogP contribution in [0.2, 0.25) is 0 Å². The van der Waals surface area contributed by atoms with E-state index < -0.39 is 14.9 Å². The third-order valence-electron chi connectivity index (χ3n) is 4.78. The molecule has 0 atom stereocenters. The first-order valence-electron chi connectivity index (χ1n) is 9.17. The van der Waals surface area contributed by atoms with Gasteiger partial charge in [-0.25, -0.2) is 8.42 Å². The van der Waals surface area contributed by atoms with Gasteiger partial charge in [-0.05, 0) is 50.1 Å². The number of rotatable bonds is 7. The molecule has 29 heavy (non-hydrogen) atoms. The molecule has 0 radical (unpaired) electrons. The lowest BCUT2D eigenvalue weighted by Gasteiger charge is -2.15. The van der Waals surface area contributed by atoms with E-state index in [1.165, 1.54) is 22.5 Å². The van der Waals surface area contributed by atoms with Gasteiger partial charge in [0.15, 0.2) is 0 Å². The fourth-order valence-corrected chi connectivity index (χ4v) is 4.70. The van der Waals surface area contributed by atoms with Crippen LogP contribution in [0.1, 0.15) is 18.4 Å². The van der Waals surface area contributed by atoms with Crippen LogP contribution in [0, 0.1) is 17.0 Å². The van der Waals surface area contributed by atoms with Gasteiger partial charge >= 0.3 is 0 Å². The van der Waals surface area contributed by atoms with Crippen molar-refractivity contribution in [3.63, 3.8) is 0 Å². The van der Waals surface area contributed by atoms with Crippen molar-refractivity contribution in [2.45, 2.75) is 24.7 Å². The monoisotopic (exact) mass is 418 g/mol. The molecule has 2 aromatic rings. The predicted molar refractivity (Wildman–Crippen MR) is 109 cm³/mol. The van der Waals surface area contributed by atoms with Crippen molar-refractivity contribution in [2.75, 3.05) is 30.3 Å². The van der Waals surface area contributed by atoms with E-state index >= 15 is 0 Å². The van der Waals surface area contributed by atoms with Crippen LogP contribution in [-0.4, -0.2) is 43.2 Å². The quantitative estimate of drug-likeness (QED) is 0.527. The Morgan fingerprint density at radius 2 is 1.79 bits per heavy atom. The smallest absolute Gasteiger partial charge is 0.274 e. The van der Waals surface area contributed by atoms with Crippen LogP contribution in [0.15, 0.2) is 47.4 Å². The number of nitrogens with one attached hydrogen (secondary N) is 2. The number of nitrogens with zero attached hydrogens (tertiary/aromatic N) is 2. The molecule has 0 spiro atoms. The molecule has 0 unspecified atom stereocenters. The molecule has 0 saturated carbocycles. The number of hydrogen-bond acceptors (Lipinski definition) is 6. The van der Waals surface area contributed by atoms with Gasteiger partial charge in [0.05, 0.1) is 16.4 Å². The summed E-state index contributed by atoms with van der Waals surface area (Å²) in [4.78, 5) is 22.9. The number of amides is 1. The minimum atomic E-state index is -3.49. The summed E-state index contributed by atoms with van der Waals surface area (Å²) in [6, 6.07) is 10.6. The maximum Gasteiger partial charge on any atom is 0.274 e. The molecule has 0 aromatic heterocycles. The Kier molecular flexibility index (Phi) is 6.14. The first kappa shape index (κ1) is 20.7. The molecule has 0 bridgehead atoms. The van der Waals surface area contributed by atoms with Crippen molar-refractivity contribution in [3.05, 3.63) is 58.1 Å². The number of benzene rings is 2. The zero-order valence-electron chi connectivity index (χ0n) is 15.9. The van der Waals surface area contributed by atoms with Crippen molar-refractivity contribution < 1.29 is 18.1 Å². The van der Waals surface area contributed by atoms with Crippen LogP contribution >= 0.6 is 0 Å². The summed E-state index contributed by atoms with van der Waals surface area (Å²) in [6.45, 7) is 2.58. The van der Waals surface area contributed by atoms with E-state index in [0.29, 0.717) is 30.0 Å². The first-order chi connectivity index (χ1) is 13.8. The van der Waals surface area contributed by atoms with E-state index in [-0.39, 0.29) is 23.0 Å². The molecule has 1 saturated heterocycles. The highest BCUT2D eigenvalue weighted by atomic mass is 32.2. The Labute approximate surface area is 168 Å². The number of hydrogen-bond donors (Lipinski definition) is 2. The SMILES string of the molecule is Cc1c(NCC(=O)Nc2ccc(S(=O)(=O)N3CCCC3)cc2)cccc1[N+](=O)[O-]. The molecule has 10 heteroatoms. The number of carbonyl (C=O) groups excluding carboxylic acids is 1. The van der Waals surface area contributed by atoms with Gasteiger partial charge in [-0.15, -0.1) is 0 Å². The van der Waals surface area contributed by atoms with Gasteiger partial charge in [0.25, 0.3) is 5.69 Å².